The molecule has 3 heteroatoms. The molecule has 3 rings (SSSR count). The lowest BCUT2D eigenvalue weighted by Gasteiger charge is -2.32. The Morgan fingerprint density at radius 1 is 1.20 bits per heavy atom. The molecule has 0 radical (unpaired) electrons. The van der Waals surface area contributed by atoms with E-state index >= 15 is 0 Å². The van der Waals surface area contributed by atoms with Gasteiger partial charge in [-0.15, -0.1) is 0 Å². The molecule has 1 N–H and O–H groups in total. The molecule has 1 aliphatic heterocycles. The molecule has 0 unspecified atom stereocenters. The van der Waals surface area contributed by atoms with Crippen LogP contribution in [0.1, 0.15) is 23.1 Å². The molecular weight excluding hydrogens is 270 g/mol. The van der Waals surface area contributed by atoms with Crippen molar-refractivity contribution in [2.24, 2.45) is 0 Å². The first-order chi connectivity index (χ1) is 9.69. The van der Waals surface area contributed by atoms with E-state index in [1.807, 2.05) is 18.2 Å². The standard InChI is InChI=1S/C17H18ClNO/c1-12-4-7-17-13(9-12)3-2-8-19(17)15-6-5-14(11-20)16(18)10-15/h4-7,9-10,20H,2-3,8,11H2,1H3. The number of aryl methyl sites for hydroxylation is 2. The highest BCUT2D eigenvalue weighted by atomic mass is 35.5. The van der Waals surface area contributed by atoms with E-state index in [-0.39, 0.29) is 6.61 Å². The lowest BCUT2D eigenvalue weighted by Crippen LogP contribution is -2.24. The predicted molar refractivity (Wildman–Crippen MR) is 83.9 cm³/mol. The molecule has 0 saturated heterocycles. The molecule has 0 fully saturated rings. The fourth-order valence-electron chi connectivity index (χ4n) is 2.83. The Balaban J connectivity index is 2.02. The van der Waals surface area contributed by atoms with Crippen LogP contribution in [-0.4, -0.2) is 11.7 Å². The van der Waals surface area contributed by atoms with Crippen molar-refractivity contribution < 1.29 is 5.11 Å². The van der Waals surface area contributed by atoms with Crippen molar-refractivity contribution in [3.8, 4) is 0 Å². The maximum absolute atomic E-state index is 9.21. The lowest BCUT2D eigenvalue weighted by molar-refractivity contribution is 0.282. The van der Waals surface area contributed by atoms with Gasteiger partial charge in [-0.05, 0) is 49.1 Å². The number of aliphatic hydroxyl groups is 1. The summed E-state index contributed by atoms with van der Waals surface area (Å²) in [6.07, 6.45) is 2.28. The lowest BCUT2D eigenvalue weighted by atomic mass is 9.99. The van der Waals surface area contributed by atoms with Crippen LogP contribution < -0.4 is 4.90 Å². The van der Waals surface area contributed by atoms with Gasteiger partial charge < -0.3 is 10.0 Å². The van der Waals surface area contributed by atoms with Gasteiger partial charge in [0.05, 0.1) is 6.61 Å². The minimum Gasteiger partial charge on any atom is -0.392 e. The van der Waals surface area contributed by atoms with E-state index in [0.29, 0.717) is 5.02 Å². The summed E-state index contributed by atoms with van der Waals surface area (Å²) in [7, 11) is 0. The first kappa shape index (κ1) is 13.5. The fourth-order valence-corrected chi connectivity index (χ4v) is 3.06. The molecule has 0 aliphatic carbocycles. The van der Waals surface area contributed by atoms with E-state index in [1.54, 1.807) is 0 Å². The van der Waals surface area contributed by atoms with Crippen molar-refractivity contribution in [1.82, 2.24) is 0 Å². The van der Waals surface area contributed by atoms with Gasteiger partial charge in [0.1, 0.15) is 0 Å². The SMILES string of the molecule is Cc1ccc2c(c1)CCCN2c1ccc(CO)c(Cl)c1. The van der Waals surface area contributed by atoms with Gasteiger partial charge in [0.15, 0.2) is 0 Å². The molecule has 1 aliphatic rings. The highest BCUT2D eigenvalue weighted by Gasteiger charge is 2.18. The topological polar surface area (TPSA) is 23.5 Å². The quantitative estimate of drug-likeness (QED) is 0.894. The number of aliphatic hydroxyl groups excluding tert-OH is 1. The summed E-state index contributed by atoms with van der Waals surface area (Å²) in [5.41, 5.74) is 5.85. The van der Waals surface area contributed by atoms with E-state index in [4.69, 9.17) is 11.6 Å². The average molecular weight is 288 g/mol. The van der Waals surface area contributed by atoms with Crippen molar-refractivity contribution >= 4 is 23.0 Å². The van der Waals surface area contributed by atoms with Crippen LogP contribution in [0.15, 0.2) is 36.4 Å². The predicted octanol–water partition coefficient (Wildman–Crippen LogP) is 4.23. The van der Waals surface area contributed by atoms with Gasteiger partial charge in [0, 0.05) is 22.9 Å². The normalized spacial score (nSPS) is 14.2. The smallest absolute Gasteiger partial charge is 0.0696 e. The number of hydrogen-bond acceptors (Lipinski definition) is 2. The Kier molecular flexibility index (Phi) is 3.68. The van der Waals surface area contributed by atoms with Crippen LogP contribution in [0, 0.1) is 6.92 Å². The second kappa shape index (κ2) is 5.47. The van der Waals surface area contributed by atoms with Crippen molar-refractivity contribution in [2.45, 2.75) is 26.4 Å². The zero-order valence-corrected chi connectivity index (χ0v) is 12.3. The van der Waals surface area contributed by atoms with Crippen LogP contribution in [0.2, 0.25) is 5.02 Å². The van der Waals surface area contributed by atoms with Crippen molar-refractivity contribution in [1.29, 1.82) is 0 Å². The molecule has 0 atom stereocenters. The number of hydrogen-bond donors (Lipinski definition) is 1. The van der Waals surface area contributed by atoms with Gasteiger partial charge in [0.25, 0.3) is 0 Å². The fraction of sp³-hybridized carbons (Fsp3) is 0.294. The van der Waals surface area contributed by atoms with Gasteiger partial charge in [-0.2, -0.15) is 0 Å². The van der Waals surface area contributed by atoms with Gasteiger partial charge in [-0.25, -0.2) is 0 Å². The van der Waals surface area contributed by atoms with Crippen LogP contribution in [0.5, 0.6) is 0 Å². The molecule has 0 spiro atoms. The van der Waals surface area contributed by atoms with E-state index in [9.17, 15) is 5.11 Å². The minimum atomic E-state index is -0.0190. The average Bonchev–Trinajstić information content (AvgIpc) is 2.46. The van der Waals surface area contributed by atoms with Gasteiger partial charge >= 0.3 is 0 Å². The molecule has 0 saturated carbocycles. The Labute approximate surface area is 124 Å². The van der Waals surface area contributed by atoms with Crippen LogP contribution in [0.3, 0.4) is 0 Å². The van der Waals surface area contributed by atoms with Crippen molar-refractivity contribution in [3.63, 3.8) is 0 Å². The first-order valence-electron chi connectivity index (χ1n) is 6.95. The molecular formula is C17H18ClNO. The second-order valence-electron chi connectivity index (χ2n) is 5.32. The molecule has 20 heavy (non-hydrogen) atoms. The Hall–Kier alpha value is -1.51. The number of fused-ring (bicyclic) bond motifs is 1. The summed E-state index contributed by atoms with van der Waals surface area (Å²) in [6.45, 7) is 3.12. The highest BCUT2D eigenvalue weighted by Crippen LogP contribution is 2.35. The number of nitrogens with zero attached hydrogens (tertiary/aromatic N) is 1. The molecule has 2 nitrogen and oxygen atoms in total. The molecule has 1 heterocycles. The third-order valence-electron chi connectivity index (χ3n) is 3.87. The van der Waals surface area contributed by atoms with Crippen molar-refractivity contribution in [3.05, 3.63) is 58.1 Å². The molecule has 2 aromatic rings. The summed E-state index contributed by atoms with van der Waals surface area (Å²) in [6, 6.07) is 12.5. The van der Waals surface area contributed by atoms with Crippen LogP contribution >= 0.6 is 11.6 Å². The van der Waals surface area contributed by atoms with E-state index in [0.717, 1.165) is 30.6 Å². The zero-order chi connectivity index (χ0) is 14.1. The molecule has 0 aromatic heterocycles. The maximum atomic E-state index is 9.21. The number of anilines is 2. The third-order valence-corrected chi connectivity index (χ3v) is 4.22. The largest absolute Gasteiger partial charge is 0.392 e. The number of halogens is 1. The van der Waals surface area contributed by atoms with Gasteiger partial charge in [-0.1, -0.05) is 35.4 Å². The first-order valence-corrected chi connectivity index (χ1v) is 7.33. The second-order valence-corrected chi connectivity index (χ2v) is 5.73. The van der Waals surface area contributed by atoms with Gasteiger partial charge in [-0.3, -0.25) is 0 Å². The highest BCUT2D eigenvalue weighted by molar-refractivity contribution is 6.31. The summed E-state index contributed by atoms with van der Waals surface area (Å²) < 4.78 is 0. The Bertz CT molecular complexity index is 639. The molecule has 2 aromatic carbocycles. The van der Waals surface area contributed by atoms with E-state index < -0.39 is 0 Å². The minimum absolute atomic E-state index is 0.0190. The Morgan fingerprint density at radius 3 is 2.80 bits per heavy atom. The summed E-state index contributed by atoms with van der Waals surface area (Å²) in [5, 5.41) is 9.84. The number of benzene rings is 2. The monoisotopic (exact) mass is 287 g/mol. The molecule has 0 bridgehead atoms. The number of rotatable bonds is 2. The van der Waals surface area contributed by atoms with Crippen LogP contribution in [0.25, 0.3) is 0 Å². The maximum Gasteiger partial charge on any atom is 0.0696 e. The Morgan fingerprint density at radius 2 is 2.05 bits per heavy atom. The summed E-state index contributed by atoms with van der Waals surface area (Å²) >= 11 is 6.21. The van der Waals surface area contributed by atoms with Crippen LogP contribution in [-0.2, 0) is 13.0 Å². The zero-order valence-electron chi connectivity index (χ0n) is 11.6. The summed E-state index contributed by atoms with van der Waals surface area (Å²) in [4.78, 5) is 2.31. The van der Waals surface area contributed by atoms with Crippen molar-refractivity contribution in [2.75, 3.05) is 11.4 Å². The summed E-state index contributed by atoms with van der Waals surface area (Å²) in [5.74, 6) is 0. The third kappa shape index (κ3) is 2.41. The van der Waals surface area contributed by atoms with E-state index in [2.05, 4.69) is 30.0 Å². The molecule has 104 valence electrons. The van der Waals surface area contributed by atoms with E-state index in [1.165, 1.54) is 16.8 Å². The molecule has 0 amide bonds. The van der Waals surface area contributed by atoms with Gasteiger partial charge in [0.2, 0.25) is 0 Å². The van der Waals surface area contributed by atoms with Crippen LogP contribution in [0.4, 0.5) is 11.4 Å².